The Hall–Kier alpha value is -4.87. The maximum atomic E-state index is 13.3. The van der Waals surface area contributed by atoms with Crippen LogP contribution in [0.25, 0.3) is 11.0 Å². The fraction of sp³-hybridized carbons (Fsp3) is 0.269. The summed E-state index contributed by atoms with van der Waals surface area (Å²) in [6.45, 7) is 0.0842. The monoisotopic (exact) mass is 515 g/mol. The van der Waals surface area contributed by atoms with Gasteiger partial charge in [0.2, 0.25) is 0 Å². The largest absolute Gasteiger partial charge is 0.497 e. The highest BCUT2D eigenvalue weighted by Crippen LogP contribution is 2.44. The van der Waals surface area contributed by atoms with Gasteiger partial charge >= 0.3 is 12.1 Å². The fourth-order valence-electron chi connectivity index (χ4n) is 6.06. The fourth-order valence-corrected chi connectivity index (χ4v) is 6.06. The molecule has 12 heteroatoms. The van der Waals surface area contributed by atoms with Crippen LogP contribution >= 0.6 is 0 Å². The summed E-state index contributed by atoms with van der Waals surface area (Å²) in [5.41, 5.74) is 0.232. The third kappa shape index (κ3) is 2.82. The highest BCUT2D eigenvalue weighted by atomic mass is 16.5. The molecular weight excluding hydrogens is 494 g/mol. The molecule has 1 unspecified atom stereocenters. The first-order chi connectivity index (χ1) is 18.2. The van der Waals surface area contributed by atoms with E-state index < -0.39 is 35.0 Å². The Labute approximate surface area is 214 Å². The normalized spacial score (nSPS) is 25.5. The van der Waals surface area contributed by atoms with Gasteiger partial charge in [-0.2, -0.15) is 0 Å². The summed E-state index contributed by atoms with van der Waals surface area (Å²) >= 11 is 0. The number of furan rings is 1. The van der Waals surface area contributed by atoms with Gasteiger partial charge in [-0.25, -0.2) is 9.59 Å². The first kappa shape index (κ1) is 22.3. The molecule has 0 bridgehead atoms. The number of hydrogen-bond acceptors (Lipinski definition) is 7. The highest BCUT2D eigenvalue weighted by molar-refractivity contribution is 6.10. The average Bonchev–Trinajstić information content (AvgIpc) is 3.67. The number of benzene rings is 2. The summed E-state index contributed by atoms with van der Waals surface area (Å²) in [5, 5.41) is 10.7. The van der Waals surface area contributed by atoms with Crippen molar-refractivity contribution >= 4 is 40.8 Å². The zero-order valence-electron chi connectivity index (χ0n) is 20.1. The van der Waals surface area contributed by atoms with Crippen LogP contribution in [0.2, 0.25) is 0 Å². The Bertz CT molecular complexity index is 1640. The van der Waals surface area contributed by atoms with Crippen LogP contribution in [0.5, 0.6) is 5.75 Å². The van der Waals surface area contributed by atoms with E-state index in [-0.39, 0.29) is 24.8 Å². The van der Waals surface area contributed by atoms with E-state index in [1.165, 1.54) is 12.0 Å². The van der Waals surface area contributed by atoms with Crippen molar-refractivity contribution in [2.75, 3.05) is 13.7 Å². The van der Waals surface area contributed by atoms with Crippen LogP contribution in [-0.4, -0.2) is 48.3 Å². The summed E-state index contributed by atoms with van der Waals surface area (Å²) in [5.74, 6) is -0.661. The van der Waals surface area contributed by atoms with E-state index in [1.54, 1.807) is 36.4 Å². The lowest BCUT2D eigenvalue weighted by molar-refractivity contribution is -0.125. The van der Waals surface area contributed by atoms with Crippen molar-refractivity contribution in [3.05, 3.63) is 64.4 Å². The molecule has 4 heterocycles. The number of imide groups is 2. The second-order valence-corrected chi connectivity index (χ2v) is 9.93. The number of nitrogens with one attached hydrogen (secondary N) is 4. The van der Waals surface area contributed by atoms with Crippen LogP contribution in [-0.2, 0) is 33.6 Å². The number of urea groups is 2. The SMILES string of the molecule is COc1ccc2c(c1)C(=O)N(C[C@@]1(c3cc4ccc5c(c4o3)CCC53NC(=O)NC3=O)NC(=O)NC1=O)C2. The molecule has 4 aliphatic rings. The topological polar surface area (TPSA) is 159 Å². The number of aryl methyl sites for hydroxylation is 1. The van der Waals surface area contributed by atoms with Crippen LogP contribution in [0, 0.1) is 0 Å². The maximum absolute atomic E-state index is 13.3. The van der Waals surface area contributed by atoms with Gasteiger partial charge < -0.3 is 24.7 Å². The van der Waals surface area contributed by atoms with E-state index in [2.05, 4.69) is 21.3 Å². The van der Waals surface area contributed by atoms with Crippen molar-refractivity contribution in [1.82, 2.24) is 26.2 Å². The predicted octanol–water partition coefficient (Wildman–Crippen LogP) is 1.11. The minimum atomic E-state index is -1.67. The molecule has 2 aromatic carbocycles. The van der Waals surface area contributed by atoms with Crippen molar-refractivity contribution < 1.29 is 33.1 Å². The molecule has 4 N–H and O–H groups in total. The van der Waals surface area contributed by atoms with Crippen molar-refractivity contribution in [1.29, 1.82) is 0 Å². The van der Waals surface area contributed by atoms with Crippen LogP contribution in [0.1, 0.15) is 39.2 Å². The van der Waals surface area contributed by atoms with Gasteiger partial charge in [-0.05, 0) is 42.2 Å². The van der Waals surface area contributed by atoms with Crippen molar-refractivity contribution in [2.24, 2.45) is 0 Å². The molecule has 0 saturated carbocycles. The summed E-state index contributed by atoms with van der Waals surface area (Å²) in [4.78, 5) is 64.9. The zero-order chi connectivity index (χ0) is 26.4. The van der Waals surface area contributed by atoms with E-state index in [4.69, 9.17) is 9.15 Å². The standard InChI is InChI=1S/C26H21N5O7/c1-37-14-4-2-13-10-31(20(32)16(13)9-14)11-26(22(34)28-24(36)30-26)18-8-12-3-5-17-15(19(12)38-18)6-7-25(17)21(33)27-23(35)29-25/h2-5,8-9H,6-7,10-11H2,1H3,(H2,27,29,33,35)(H2,28,30,34,36)/t25?,26-/m0/s1. The van der Waals surface area contributed by atoms with E-state index in [0.29, 0.717) is 40.7 Å². The number of carbonyl (C=O) groups excluding carboxylic acids is 5. The number of methoxy groups -OCH3 is 1. The van der Waals surface area contributed by atoms with E-state index in [0.717, 1.165) is 11.1 Å². The molecule has 2 saturated heterocycles. The number of nitrogens with zero attached hydrogens (tertiary/aromatic N) is 1. The summed E-state index contributed by atoms with van der Waals surface area (Å²) in [7, 11) is 1.51. The molecule has 1 spiro atoms. The third-order valence-corrected chi connectivity index (χ3v) is 7.93. The van der Waals surface area contributed by atoms with Gasteiger partial charge in [0.1, 0.15) is 22.6 Å². The highest BCUT2D eigenvalue weighted by Gasteiger charge is 2.55. The van der Waals surface area contributed by atoms with Gasteiger partial charge in [-0.15, -0.1) is 0 Å². The van der Waals surface area contributed by atoms with Gasteiger partial charge in [0.05, 0.1) is 13.7 Å². The number of ether oxygens (including phenoxy) is 1. The Balaban J connectivity index is 1.30. The molecule has 1 aromatic heterocycles. The first-order valence-electron chi connectivity index (χ1n) is 12.0. The van der Waals surface area contributed by atoms with Gasteiger partial charge in [-0.1, -0.05) is 18.2 Å². The van der Waals surface area contributed by atoms with E-state index >= 15 is 0 Å². The number of amides is 7. The maximum Gasteiger partial charge on any atom is 0.322 e. The van der Waals surface area contributed by atoms with Gasteiger partial charge in [0, 0.05) is 23.1 Å². The van der Waals surface area contributed by atoms with Crippen molar-refractivity contribution in [3.63, 3.8) is 0 Å². The lowest BCUT2D eigenvalue weighted by atomic mass is 9.91. The summed E-state index contributed by atoms with van der Waals surface area (Å²) < 4.78 is 11.5. The third-order valence-electron chi connectivity index (χ3n) is 7.93. The van der Waals surface area contributed by atoms with Crippen molar-refractivity contribution in [2.45, 2.75) is 30.5 Å². The molecule has 3 aromatic rings. The molecule has 3 aliphatic heterocycles. The Morgan fingerprint density at radius 1 is 0.974 bits per heavy atom. The second kappa shape index (κ2) is 7.34. The van der Waals surface area contributed by atoms with Crippen LogP contribution < -0.4 is 26.0 Å². The van der Waals surface area contributed by atoms with Gasteiger partial charge in [-0.3, -0.25) is 25.0 Å². The number of rotatable bonds is 4. The van der Waals surface area contributed by atoms with Crippen LogP contribution in [0.4, 0.5) is 9.59 Å². The number of fused-ring (bicyclic) bond motifs is 5. The first-order valence-corrected chi connectivity index (χ1v) is 12.0. The molecule has 0 radical (unpaired) electrons. The van der Waals surface area contributed by atoms with Gasteiger partial charge in [0.25, 0.3) is 17.7 Å². The second-order valence-electron chi connectivity index (χ2n) is 9.93. The zero-order valence-corrected chi connectivity index (χ0v) is 20.1. The smallest absolute Gasteiger partial charge is 0.322 e. The summed E-state index contributed by atoms with van der Waals surface area (Å²) in [6.07, 6.45) is 0.821. The predicted molar refractivity (Wildman–Crippen MR) is 129 cm³/mol. The lowest BCUT2D eigenvalue weighted by Crippen LogP contribution is -2.52. The van der Waals surface area contributed by atoms with Crippen molar-refractivity contribution in [3.8, 4) is 5.75 Å². The molecule has 7 amide bonds. The Morgan fingerprint density at radius 3 is 2.47 bits per heavy atom. The molecule has 2 atom stereocenters. The Kier molecular flexibility index (Phi) is 4.31. The quantitative estimate of drug-likeness (QED) is 0.379. The molecular formula is C26H21N5O7. The summed E-state index contributed by atoms with van der Waals surface area (Å²) in [6, 6.07) is 9.13. The van der Waals surface area contributed by atoms with E-state index in [1.807, 2.05) is 0 Å². The molecule has 1 aliphatic carbocycles. The van der Waals surface area contributed by atoms with E-state index in [9.17, 15) is 24.0 Å². The lowest BCUT2D eigenvalue weighted by Gasteiger charge is -2.29. The molecule has 38 heavy (non-hydrogen) atoms. The molecule has 7 rings (SSSR count). The number of hydrogen-bond donors (Lipinski definition) is 4. The molecule has 2 fully saturated rings. The minimum Gasteiger partial charge on any atom is -0.497 e. The average molecular weight is 515 g/mol. The minimum absolute atomic E-state index is 0.159. The Morgan fingerprint density at radius 2 is 1.76 bits per heavy atom. The molecule has 192 valence electrons. The number of carbonyl (C=O) groups is 5. The van der Waals surface area contributed by atoms with Gasteiger partial charge in [0.15, 0.2) is 5.54 Å². The van der Waals surface area contributed by atoms with Crippen LogP contribution in [0.3, 0.4) is 0 Å². The molecule has 12 nitrogen and oxygen atoms in total. The van der Waals surface area contributed by atoms with Crippen LogP contribution in [0.15, 0.2) is 40.8 Å².